The molecule has 0 unspecified atom stereocenters. The molecule has 1 aromatic heterocycles. The van der Waals surface area contributed by atoms with Gasteiger partial charge in [0.1, 0.15) is 6.61 Å². The van der Waals surface area contributed by atoms with Gasteiger partial charge >= 0.3 is 12.1 Å². The molecule has 0 aliphatic heterocycles. The second kappa shape index (κ2) is 6.57. The van der Waals surface area contributed by atoms with Gasteiger partial charge in [-0.25, -0.2) is 14.3 Å². The van der Waals surface area contributed by atoms with E-state index in [1.54, 1.807) is 23.1 Å². The van der Waals surface area contributed by atoms with Crippen LogP contribution in [0.5, 0.6) is 0 Å². The van der Waals surface area contributed by atoms with E-state index in [9.17, 15) is 9.59 Å². The zero-order valence-corrected chi connectivity index (χ0v) is 11.9. The molecule has 1 heterocycles. The molecule has 1 amide bonds. The summed E-state index contributed by atoms with van der Waals surface area (Å²) in [5, 5.41) is 15.7. The van der Waals surface area contributed by atoms with E-state index in [1.165, 1.54) is 18.2 Å². The monoisotopic (exact) mass is 301 g/mol. The lowest BCUT2D eigenvalue weighted by Crippen LogP contribution is -2.16. The summed E-state index contributed by atoms with van der Waals surface area (Å²) in [6, 6.07) is 4.36. The summed E-state index contributed by atoms with van der Waals surface area (Å²) in [6.45, 7) is 5.38. The van der Waals surface area contributed by atoms with Crippen molar-refractivity contribution in [3.63, 3.8) is 0 Å². The van der Waals surface area contributed by atoms with Crippen molar-refractivity contribution in [1.29, 1.82) is 0 Å². The number of hydrogen-bond acceptors (Lipinski definition) is 4. The van der Waals surface area contributed by atoms with Crippen LogP contribution in [-0.4, -0.2) is 33.6 Å². The maximum Gasteiger partial charge on any atom is 0.412 e. The Labute approximate surface area is 126 Å². The van der Waals surface area contributed by atoms with E-state index in [4.69, 9.17) is 9.84 Å². The molecule has 2 aromatic rings. The lowest BCUT2D eigenvalue weighted by molar-refractivity contribution is 0.0697. The van der Waals surface area contributed by atoms with Gasteiger partial charge < -0.3 is 9.84 Å². The number of nitrogens with zero attached hydrogens (tertiary/aromatic N) is 2. The number of carboxylic acid groups (broad SMARTS) is 1. The van der Waals surface area contributed by atoms with Crippen LogP contribution in [0.1, 0.15) is 15.9 Å². The summed E-state index contributed by atoms with van der Waals surface area (Å²) in [6.07, 6.45) is 4.15. The van der Waals surface area contributed by atoms with Crippen LogP contribution in [0.15, 0.2) is 43.2 Å². The highest BCUT2D eigenvalue weighted by Gasteiger charge is 2.13. The standard InChI is InChI=1S/C15H15N3O4/c1-3-6-22-15(21)17-12-7-11(14(19)20)4-5-13(12)18-9-10(2)8-16-18/h3-5,7-9H,1,6H2,2H3,(H,17,21)(H,19,20). The number of carbonyl (C=O) groups is 2. The Morgan fingerprint density at radius 1 is 1.50 bits per heavy atom. The summed E-state index contributed by atoms with van der Waals surface area (Å²) in [5.74, 6) is -1.09. The zero-order chi connectivity index (χ0) is 16.1. The number of nitrogens with one attached hydrogen (secondary N) is 1. The van der Waals surface area contributed by atoms with Crippen molar-refractivity contribution < 1.29 is 19.4 Å². The van der Waals surface area contributed by atoms with E-state index < -0.39 is 12.1 Å². The summed E-state index contributed by atoms with van der Waals surface area (Å²) in [7, 11) is 0. The molecule has 0 aliphatic carbocycles. The van der Waals surface area contributed by atoms with Gasteiger partial charge in [0.2, 0.25) is 0 Å². The molecule has 114 valence electrons. The molecule has 2 rings (SSSR count). The first kappa shape index (κ1) is 15.3. The predicted octanol–water partition coefficient (Wildman–Crippen LogP) is 2.61. The topological polar surface area (TPSA) is 93.5 Å². The lowest BCUT2D eigenvalue weighted by atomic mass is 10.1. The fraction of sp³-hybridized carbons (Fsp3) is 0.133. The van der Waals surface area contributed by atoms with Crippen LogP contribution in [0.2, 0.25) is 0 Å². The number of hydrogen-bond donors (Lipinski definition) is 2. The average molecular weight is 301 g/mol. The molecule has 2 N–H and O–H groups in total. The first-order valence-electron chi connectivity index (χ1n) is 6.45. The van der Waals surface area contributed by atoms with Crippen molar-refractivity contribution in [2.75, 3.05) is 11.9 Å². The van der Waals surface area contributed by atoms with Gasteiger partial charge in [0.15, 0.2) is 0 Å². The van der Waals surface area contributed by atoms with Crippen molar-refractivity contribution >= 4 is 17.7 Å². The minimum Gasteiger partial charge on any atom is -0.478 e. The van der Waals surface area contributed by atoms with Gasteiger partial charge in [-0.05, 0) is 30.7 Å². The van der Waals surface area contributed by atoms with Crippen molar-refractivity contribution in [3.8, 4) is 5.69 Å². The van der Waals surface area contributed by atoms with E-state index in [0.29, 0.717) is 5.69 Å². The Balaban J connectivity index is 2.38. The smallest absolute Gasteiger partial charge is 0.412 e. The Morgan fingerprint density at radius 3 is 2.86 bits per heavy atom. The molecule has 7 nitrogen and oxygen atoms in total. The van der Waals surface area contributed by atoms with E-state index >= 15 is 0 Å². The van der Waals surface area contributed by atoms with Crippen molar-refractivity contribution in [1.82, 2.24) is 9.78 Å². The second-order valence-electron chi connectivity index (χ2n) is 4.51. The molecule has 0 saturated carbocycles. The molecular weight excluding hydrogens is 286 g/mol. The summed E-state index contributed by atoms with van der Waals surface area (Å²) >= 11 is 0. The quantitative estimate of drug-likeness (QED) is 0.828. The molecule has 0 aliphatic rings. The SMILES string of the molecule is C=CCOC(=O)Nc1cc(C(=O)O)ccc1-n1cc(C)cn1. The highest BCUT2D eigenvalue weighted by molar-refractivity contribution is 5.93. The van der Waals surface area contributed by atoms with Crippen LogP contribution in [0.3, 0.4) is 0 Å². The van der Waals surface area contributed by atoms with Crippen LogP contribution >= 0.6 is 0 Å². The first-order chi connectivity index (χ1) is 10.5. The maximum atomic E-state index is 11.7. The van der Waals surface area contributed by atoms with Gasteiger partial charge in [0.05, 0.1) is 23.1 Å². The van der Waals surface area contributed by atoms with Gasteiger partial charge in [0, 0.05) is 6.20 Å². The van der Waals surface area contributed by atoms with Crippen LogP contribution in [-0.2, 0) is 4.74 Å². The minimum absolute atomic E-state index is 0.0478. The van der Waals surface area contributed by atoms with E-state index in [0.717, 1.165) is 5.56 Å². The van der Waals surface area contributed by atoms with E-state index in [1.807, 2.05) is 6.92 Å². The lowest BCUT2D eigenvalue weighted by Gasteiger charge is -2.12. The number of aromatic nitrogens is 2. The Hall–Kier alpha value is -3.09. The Morgan fingerprint density at radius 2 is 2.27 bits per heavy atom. The highest BCUT2D eigenvalue weighted by Crippen LogP contribution is 2.22. The molecule has 7 heteroatoms. The van der Waals surface area contributed by atoms with Gasteiger partial charge in [0.25, 0.3) is 0 Å². The third kappa shape index (κ3) is 3.51. The number of anilines is 1. The Kier molecular flexibility index (Phi) is 4.57. The summed E-state index contributed by atoms with van der Waals surface area (Å²) in [4.78, 5) is 22.8. The van der Waals surface area contributed by atoms with Crippen LogP contribution < -0.4 is 5.32 Å². The normalized spacial score (nSPS) is 10.0. The predicted molar refractivity (Wildman–Crippen MR) is 80.4 cm³/mol. The van der Waals surface area contributed by atoms with E-state index in [-0.39, 0.29) is 17.9 Å². The molecule has 0 spiro atoms. The molecule has 0 fully saturated rings. The van der Waals surface area contributed by atoms with Gasteiger partial charge in [-0.2, -0.15) is 5.10 Å². The maximum absolute atomic E-state index is 11.7. The third-order valence-electron chi connectivity index (χ3n) is 2.77. The van der Waals surface area contributed by atoms with Crippen molar-refractivity contribution in [3.05, 3.63) is 54.4 Å². The molecule has 0 saturated heterocycles. The first-order valence-corrected chi connectivity index (χ1v) is 6.45. The minimum atomic E-state index is -1.09. The number of aryl methyl sites for hydroxylation is 1. The van der Waals surface area contributed by atoms with Crippen LogP contribution in [0.25, 0.3) is 5.69 Å². The molecule has 22 heavy (non-hydrogen) atoms. The second-order valence-corrected chi connectivity index (χ2v) is 4.51. The zero-order valence-electron chi connectivity index (χ0n) is 11.9. The number of carbonyl (C=O) groups excluding carboxylic acids is 1. The van der Waals surface area contributed by atoms with Crippen molar-refractivity contribution in [2.45, 2.75) is 6.92 Å². The number of carboxylic acids is 1. The molecule has 0 radical (unpaired) electrons. The summed E-state index contributed by atoms with van der Waals surface area (Å²) < 4.78 is 6.39. The van der Waals surface area contributed by atoms with Crippen LogP contribution in [0.4, 0.5) is 10.5 Å². The number of amides is 1. The fourth-order valence-corrected chi connectivity index (χ4v) is 1.79. The third-order valence-corrected chi connectivity index (χ3v) is 2.77. The Bertz CT molecular complexity index is 721. The fourth-order valence-electron chi connectivity index (χ4n) is 1.79. The van der Waals surface area contributed by atoms with E-state index in [2.05, 4.69) is 17.0 Å². The van der Waals surface area contributed by atoms with Gasteiger partial charge in [-0.1, -0.05) is 12.7 Å². The molecule has 0 atom stereocenters. The summed E-state index contributed by atoms with van der Waals surface area (Å²) in [5.41, 5.74) is 1.81. The van der Waals surface area contributed by atoms with Gasteiger partial charge in [-0.15, -0.1) is 0 Å². The number of rotatable bonds is 5. The number of ether oxygens (including phenoxy) is 1. The highest BCUT2D eigenvalue weighted by atomic mass is 16.5. The molecule has 0 bridgehead atoms. The van der Waals surface area contributed by atoms with Gasteiger partial charge in [-0.3, -0.25) is 5.32 Å². The number of aromatic carboxylic acids is 1. The van der Waals surface area contributed by atoms with Crippen LogP contribution in [0, 0.1) is 6.92 Å². The average Bonchev–Trinajstić information content (AvgIpc) is 2.91. The number of benzene rings is 1. The molecular formula is C15H15N3O4. The largest absolute Gasteiger partial charge is 0.478 e. The molecule has 1 aromatic carbocycles. The van der Waals surface area contributed by atoms with Crippen molar-refractivity contribution in [2.24, 2.45) is 0 Å².